The predicted molar refractivity (Wildman–Crippen MR) is 68.3 cm³/mol. The number of rotatable bonds is 1. The third-order valence-electron chi connectivity index (χ3n) is 3.11. The summed E-state index contributed by atoms with van der Waals surface area (Å²) < 4.78 is 0. The van der Waals surface area contributed by atoms with Gasteiger partial charge in [-0.2, -0.15) is 5.10 Å². The molecule has 0 saturated heterocycles. The minimum atomic E-state index is -0.931. The van der Waals surface area contributed by atoms with Gasteiger partial charge < -0.3 is 15.7 Å². The zero-order valence-electron chi connectivity index (χ0n) is 10.00. The van der Waals surface area contributed by atoms with Crippen molar-refractivity contribution in [1.82, 2.24) is 25.1 Å². The lowest BCUT2D eigenvalue weighted by Crippen LogP contribution is -2.34. The molecule has 0 fully saturated rings. The van der Waals surface area contributed by atoms with Crippen LogP contribution in [0.4, 0.5) is 10.6 Å². The van der Waals surface area contributed by atoms with Gasteiger partial charge in [-0.25, -0.2) is 14.8 Å². The van der Waals surface area contributed by atoms with E-state index in [4.69, 9.17) is 10.8 Å². The number of aromatic nitrogens is 4. The van der Waals surface area contributed by atoms with E-state index in [0.29, 0.717) is 42.1 Å². The smallest absolute Gasteiger partial charge is 0.407 e. The Morgan fingerprint density at radius 1 is 1.47 bits per heavy atom. The fraction of sp³-hybridized carbons (Fsp3) is 0.273. The first-order valence-corrected chi connectivity index (χ1v) is 5.78. The second-order valence-electron chi connectivity index (χ2n) is 4.28. The first kappa shape index (κ1) is 11.5. The third-order valence-corrected chi connectivity index (χ3v) is 3.11. The zero-order valence-corrected chi connectivity index (χ0v) is 10.00. The van der Waals surface area contributed by atoms with E-state index in [1.807, 2.05) is 6.08 Å². The lowest BCUT2D eigenvalue weighted by Gasteiger charge is -2.23. The maximum atomic E-state index is 11.0. The molecule has 3 rings (SSSR count). The molecule has 2 aromatic rings. The van der Waals surface area contributed by atoms with E-state index >= 15 is 0 Å². The summed E-state index contributed by atoms with van der Waals surface area (Å²) in [5, 5.41) is 16.0. The fourth-order valence-corrected chi connectivity index (χ4v) is 2.16. The van der Waals surface area contributed by atoms with Crippen molar-refractivity contribution in [2.75, 3.05) is 18.8 Å². The number of H-pyrrole nitrogens is 1. The first-order valence-electron chi connectivity index (χ1n) is 5.78. The summed E-state index contributed by atoms with van der Waals surface area (Å²) in [6.45, 7) is 0.803. The van der Waals surface area contributed by atoms with Crippen LogP contribution in [0.1, 0.15) is 12.1 Å². The predicted octanol–water partition coefficient (Wildman–Crippen LogP) is 0.702. The molecule has 0 aromatic carbocycles. The van der Waals surface area contributed by atoms with Gasteiger partial charge in [-0.1, -0.05) is 6.08 Å². The molecule has 0 spiro atoms. The average Bonchev–Trinajstić information content (AvgIpc) is 2.84. The number of nitrogens with zero attached hydrogens (tertiary/aromatic N) is 4. The van der Waals surface area contributed by atoms with Crippen molar-refractivity contribution in [3.8, 4) is 0 Å². The van der Waals surface area contributed by atoms with Crippen LogP contribution in [0.25, 0.3) is 16.6 Å². The summed E-state index contributed by atoms with van der Waals surface area (Å²) in [7, 11) is 0. The Bertz CT molecular complexity index is 677. The van der Waals surface area contributed by atoms with Crippen LogP contribution in [0.3, 0.4) is 0 Å². The molecule has 98 valence electrons. The van der Waals surface area contributed by atoms with E-state index in [1.54, 1.807) is 0 Å². The number of amides is 1. The van der Waals surface area contributed by atoms with Gasteiger partial charge in [-0.15, -0.1) is 0 Å². The van der Waals surface area contributed by atoms with Gasteiger partial charge in [0.05, 0.1) is 6.54 Å². The number of fused-ring (bicyclic) bond motifs is 1. The average molecular weight is 260 g/mol. The van der Waals surface area contributed by atoms with Crippen LogP contribution < -0.4 is 5.73 Å². The Morgan fingerprint density at radius 3 is 3.11 bits per heavy atom. The molecule has 0 saturated carbocycles. The Hall–Kier alpha value is -2.64. The second kappa shape index (κ2) is 4.23. The van der Waals surface area contributed by atoms with Gasteiger partial charge in [-0.05, 0) is 12.0 Å². The van der Waals surface area contributed by atoms with Crippen molar-refractivity contribution in [2.24, 2.45) is 0 Å². The summed E-state index contributed by atoms with van der Waals surface area (Å²) in [6.07, 6.45) is 3.08. The molecule has 19 heavy (non-hydrogen) atoms. The maximum Gasteiger partial charge on any atom is 0.407 e. The number of nitrogen functional groups attached to an aromatic ring is 1. The summed E-state index contributed by atoms with van der Waals surface area (Å²) in [6, 6.07) is 0. The van der Waals surface area contributed by atoms with Gasteiger partial charge in [0.1, 0.15) is 23.1 Å². The molecule has 0 unspecified atom stereocenters. The van der Waals surface area contributed by atoms with Crippen LogP contribution in [0.15, 0.2) is 12.4 Å². The monoisotopic (exact) mass is 260 g/mol. The zero-order chi connectivity index (χ0) is 13.4. The van der Waals surface area contributed by atoms with Gasteiger partial charge in [-0.3, -0.25) is 5.10 Å². The van der Waals surface area contributed by atoms with E-state index in [0.717, 1.165) is 5.57 Å². The number of aromatic amines is 1. The van der Waals surface area contributed by atoms with E-state index in [1.165, 1.54) is 11.2 Å². The summed E-state index contributed by atoms with van der Waals surface area (Å²) in [5.41, 5.74) is 8.39. The highest BCUT2D eigenvalue weighted by Gasteiger charge is 2.21. The van der Waals surface area contributed by atoms with Crippen LogP contribution in [-0.4, -0.2) is 49.4 Å². The normalized spacial score (nSPS) is 15.6. The van der Waals surface area contributed by atoms with Crippen LogP contribution >= 0.6 is 0 Å². The van der Waals surface area contributed by atoms with Crippen LogP contribution in [0.5, 0.6) is 0 Å². The number of anilines is 1. The molecule has 8 heteroatoms. The number of hydrogen-bond acceptors (Lipinski definition) is 5. The minimum Gasteiger partial charge on any atom is -0.465 e. The van der Waals surface area contributed by atoms with E-state index in [2.05, 4.69) is 20.2 Å². The van der Waals surface area contributed by atoms with E-state index < -0.39 is 6.09 Å². The van der Waals surface area contributed by atoms with E-state index in [-0.39, 0.29) is 0 Å². The molecule has 0 aliphatic carbocycles. The van der Waals surface area contributed by atoms with Crippen LogP contribution in [0.2, 0.25) is 0 Å². The molecule has 8 nitrogen and oxygen atoms in total. The standard InChI is InChI=1S/C11H12N6O2/c12-10-9-8(13-5-14-10)7(15-16-9)6-2-1-3-17(4-6)11(18)19/h2,5H,1,3-4H2,(H,15,16)(H,18,19)(H2,12,13,14). The van der Waals surface area contributed by atoms with Crippen molar-refractivity contribution in [3.63, 3.8) is 0 Å². The highest BCUT2D eigenvalue weighted by atomic mass is 16.4. The Kier molecular flexibility index (Phi) is 2.55. The molecule has 0 atom stereocenters. The van der Waals surface area contributed by atoms with Crippen molar-refractivity contribution in [2.45, 2.75) is 6.42 Å². The van der Waals surface area contributed by atoms with Gasteiger partial charge in [0.2, 0.25) is 0 Å². The molecule has 3 heterocycles. The molecule has 1 aliphatic rings. The number of nitrogens with one attached hydrogen (secondary N) is 1. The van der Waals surface area contributed by atoms with Crippen molar-refractivity contribution in [1.29, 1.82) is 0 Å². The molecule has 1 amide bonds. The van der Waals surface area contributed by atoms with Crippen LogP contribution in [-0.2, 0) is 0 Å². The highest BCUT2D eigenvalue weighted by molar-refractivity contribution is 5.93. The minimum absolute atomic E-state index is 0.305. The van der Waals surface area contributed by atoms with Crippen molar-refractivity contribution >= 4 is 28.5 Å². The van der Waals surface area contributed by atoms with Gasteiger partial charge >= 0.3 is 6.09 Å². The number of hydrogen-bond donors (Lipinski definition) is 3. The lowest BCUT2D eigenvalue weighted by molar-refractivity contribution is 0.150. The highest BCUT2D eigenvalue weighted by Crippen LogP contribution is 2.26. The molecule has 1 aliphatic heterocycles. The lowest BCUT2D eigenvalue weighted by atomic mass is 10.1. The molecule has 0 radical (unpaired) electrons. The Morgan fingerprint density at radius 2 is 2.32 bits per heavy atom. The quantitative estimate of drug-likeness (QED) is 0.694. The SMILES string of the molecule is Nc1ncnc2c(C3=CCCN(C(=O)O)C3)n[nH]c12. The summed E-state index contributed by atoms with van der Waals surface area (Å²) in [5.74, 6) is 0.329. The number of carbonyl (C=O) groups is 1. The summed E-state index contributed by atoms with van der Waals surface area (Å²) in [4.78, 5) is 20.4. The Labute approximate surface area is 107 Å². The van der Waals surface area contributed by atoms with Crippen molar-refractivity contribution < 1.29 is 9.90 Å². The topological polar surface area (TPSA) is 121 Å². The Balaban J connectivity index is 2.03. The molecule has 2 aromatic heterocycles. The molecular weight excluding hydrogens is 248 g/mol. The maximum absolute atomic E-state index is 11.0. The molecule has 0 bridgehead atoms. The number of carboxylic acid groups (broad SMARTS) is 1. The van der Waals surface area contributed by atoms with Gasteiger partial charge in [0, 0.05) is 6.54 Å². The number of nitrogens with two attached hydrogens (primary N) is 1. The van der Waals surface area contributed by atoms with E-state index in [9.17, 15) is 4.79 Å². The van der Waals surface area contributed by atoms with Crippen LogP contribution in [0, 0.1) is 0 Å². The third kappa shape index (κ3) is 1.86. The fourth-order valence-electron chi connectivity index (χ4n) is 2.16. The largest absolute Gasteiger partial charge is 0.465 e. The summed E-state index contributed by atoms with van der Waals surface area (Å²) >= 11 is 0. The first-order chi connectivity index (χ1) is 9.16. The second-order valence-corrected chi connectivity index (χ2v) is 4.28. The van der Waals surface area contributed by atoms with Crippen molar-refractivity contribution in [3.05, 3.63) is 18.1 Å². The molecule has 4 N–H and O–H groups in total. The van der Waals surface area contributed by atoms with Gasteiger partial charge in [0.15, 0.2) is 5.82 Å². The van der Waals surface area contributed by atoms with Gasteiger partial charge in [0.25, 0.3) is 0 Å². The molecular formula is C11H12N6O2.